The number of imide groups is 2. The Bertz CT molecular complexity index is 717. The molecule has 2 aliphatic heterocycles. The fourth-order valence-corrected chi connectivity index (χ4v) is 3.63. The molecule has 0 radical (unpaired) electrons. The molecule has 144 valence electrons. The van der Waals surface area contributed by atoms with Crippen LogP contribution in [0.2, 0.25) is 0 Å². The molecular weight excluding hydrogens is 344 g/mol. The minimum atomic E-state index is -1.04. The van der Waals surface area contributed by atoms with Gasteiger partial charge in [0.15, 0.2) is 5.92 Å². The van der Waals surface area contributed by atoms with Crippen LogP contribution in [-0.2, 0) is 16.1 Å². The van der Waals surface area contributed by atoms with E-state index >= 15 is 0 Å². The molecule has 1 aromatic rings. The number of likely N-dealkylation sites (tertiary alicyclic amines) is 1. The van der Waals surface area contributed by atoms with Crippen LogP contribution < -0.4 is 5.32 Å². The first-order valence-electron chi connectivity index (χ1n) is 9.19. The zero-order valence-corrected chi connectivity index (χ0v) is 15.9. The highest BCUT2D eigenvalue weighted by Crippen LogP contribution is 2.22. The standard InChI is InChI=1S/C20H26N4O3/c1-14(17-18(25)22(2)20(27)23(3)19(17)26)21-16-9-11-24(12-10-16)13-15-7-5-4-6-8-15/h4-8,16-17,21H,1,9-13H2,2-3H3. The maximum absolute atomic E-state index is 12.4. The van der Waals surface area contributed by atoms with Crippen molar-refractivity contribution < 1.29 is 14.4 Å². The lowest BCUT2D eigenvalue weighted by atomic mass is 9.97. The highest BCUT2D eigenvalue weighted by Gasteiger charge is 2.44. The predicted octanol–water partition coefficient (Wildman–Crippen LogP) is 1.42. The van der Waals surface area contributed by atoms with Crippen molar-refractivity contribution in [3.05, 3.63) is 48.2 Å². The number of rotatable bonds is 5. The maximum Gasteiger partial charge on any atom is 0.332 e. The first-order chi connectivity index (χ1) is 12.9. The van der Waals surface area contributed by atoms with E-state index in [9.17, 15) is 14.4 Å². The summed E-state index contributed by atoms with van der Waals surface area (Å²) in [6.45, 7) is 6.72. The Hall–Kier alpha value is -2.67. The van der Waals surface area contributed by atoms with Crippen LogP contribution in [0.4, 0.5) is 4.79 Å². The summed E-state index contributed by atoms with van der Waals surface area (Å²) in [7, 11) is 2.77. The number of hydrogen-bond acceptors (Lipinski definition) is 5. The molecule has 0 unspecified atom stereocenters. The Labute approximate surface area is 159 Å². The zero-order chi connectivity index (χ0) is 19.6. The Morgan fingerprint density at radius 1 is 1.04 bits per heavy atom. The quantitative estimate of drug-likeness (QED) is 0.794. The lowest BCUT2D eigenvalue weighted by Gasteiger charge is -2.37. The van der Waals surface area contributed by atoms with Gasteiger partial charge in [-0.2, -0.15) is 0 Å². The van der Waals surface area contributed by atoms with Crippen molar-refractivity contribution in [2.75, 3.05) is 27.2 Å². The molecule has 2 saturated heterocycles. The van der Waals surface area contributed by atoms with E-state index in [1.54, 1.807) is 0 Å². The van der Waals surface area contributed by atoms with E-state index in [-0.39, 0.29) is 6.04 Å². The van der Waals surface area contributed by atoms with Crippen LogP contribution in [0.5, 0.6) is 0 Å². The normalized spacial score (nSPS) is 20.3. The monoisotopic (exact) mass is 370 g/mol. The molecule has 0 atom stereocenters. The van der Waals surface area contributed by atoms with Gasteiger partial charge in [-0.25, -0.2) is 4.79 Å². The third kappa shape index (κ3) is 4.03. The van der Waals surface area contributed by atoms with Gasteiger partial charge in [-0.3, -0.25) is 24.3 Å². The zero-order valence-electron chi connectivity index (χ0n) is 15.9. The Morgan fingerprint density at radius 2 is 1.59 bits per heavy atom. The molecule has 3 rings (SSSR count). The molecule has 0 bridgehead atoms. The van der Waals surface area contributed by atoms with Crippen molar-refractivity contribution >= 4 is 17.8 Å². The number of carbonyl (C=O) groups excluding carboxylic acids is 3. The number of barbiturate groups is 1. The molecule has 0 spiro atoms. The molecule has 0 saturated carbocycles. The minimum Gasteiger partial charge on any atom is -0.385 e. The van der Waals surface area contributed by atoms with Crippen molar-refractivity contribution in [2.24, 2.45) is 5.92 Å². The molecule has 2 heterocycles. The van der Waals surface area contributed by atoms with E-state index in [1.165, 1.54) is 19.7 Å². The third-order valence-corrected chi connectivity index (χ3v) is 5.30. The van der Waals surface area contributed by atoms with Crippen LogP contribution >= 0.6 is 0 Å². The van der Waals surface area contributed by atoms with Crippen molar-refractivity contribution in [1.29, 1.82) is 0 Å². The molecule has 4 amide bonds. The molecule has 1 N–H and O–H groups in total. The lowest BCUT2D eigenvalue weighted by Crippen LogP contribution is -2.58. The lowest BCUT2D eigenvalue weighted by molar-refractivity contribution is -0.145. The largest absolute Gasteiger partial charge is 0.385 e. The first kappa shape index (κ1) is 19.1. The van der Waals surface area contributed by atoms with Crippen LogP contribution in [-0.4, -0.2) is 65.8 Å². The van der Waals surface area contributed by atoms with E-state index in [0.717, 1.165) is 42.3 Å². The number of carbonyl (C=O) groups is 3. The molecule has 0 aromatic heterocycles. The number of amides is 4. The van der Waals surface area contributed by atoms with Crippen LogP contribution in [0.15, 0.2) is 42.6 Å². The van der Waals surface area contributed by atoms with Gasteiger partial charge in [0, 0.05) is 45.5 Å². The van der Waals surface area contributed by atoms with Gasteiger partial charge in [0.25, 0.3) is 0 Å². The maximum atomic E-state index is 12.4. The SMILES string of the molecule is C=C(NC1CCN(Cc2ccccc2)CC1)C1C(=O)N(C)C(=O)N(C)C1=O. The van der Waals surface area contributed by atoms with Crippen molar-refractivity contribution in [1.82, 2.24) is 20.0 Å². The number of piperidine rings is 1. The van der Waals surface area contributed by atoms with Crippen LogP contribution in [0.25, 0.3) is 0 Å². The fraction of sp³-hybridized carbons (Fsp3) is 0.450. The number of hydrogen-bond donors (Lipinski definition) is 1. The second-order valence-corrected chi connectivity index (χ2v) is 7.22. The highest BCUT2D eigenvalue weighted by molar-refractivity contribution is 6.17. The Balaban J connectivity index is 1.54. The topological polar surface area (TPSA) is 73.0 Å². The summed E-state index contributed by atoms with van der Waals surface area (Å²) in [4.78, 5) is 40.9. The number of urea groups is 1. The highest BCUT2D eigenvalue weighted by atomic mass is 16.2. The third-order valence-electron chi connectivity index (χ3n) is 5.30. The molecular formula is C20H26N4O3. The van der Waals surface area contributed by atoms with Crippen LogP contribution in [0.1, 0.15) is 18.4 Å². The Kier molecular flexibility index (Phi) is 5.60. The van der Waals surface area contributed by atoms with Crippen LogP contribution in [0, 0.1) is 5.92 Å². The average molecular weight is 370 g/mol. The van der Waals surface area contributed by atoms with E-state index in [1.807, 2.05) is 18.2 Å². The molecule has 1 aromatic carbocycles. The predicted molar refractivity (Wildman–Crippen MR) is 101 cm³/mol. The van der Waals surface area contributed by atoms with Gasteiger partial charge in [-0.1, -0.05) is 36.9 Å². The van der Waals surface area contributed by atoms with E-state index in [2.05, 4.69) is 28.9 Å². The number of nitrogens with zero attached hydrogens (tertiary/aromatic N) is 3. The summed E-state index contributed by atoms with van der Waals surface area (Å²) in [5.74, 6) is -2.09. The second kappa shape index (κ2) is 7.92. The van der Waals surface area contributed by atoms with Crippen molar-refractivity contribution in [3.8, 4) is 0 Å². The van der Waals surface area contributed by atoms with Crippen molar-refractivity contribution in [2.45, 2.75) is 25.4 Å². The summed E-state index contributed by atoms with van der Waals surface area (Å²) in [6.07, 6.45) is 1.82. The molecule has 2 aliphatic rings. The van der Waals surface area contributed by atoms with Gasteiger partial charge < -0.3 is 5.32 Å². The van der Waals surface area contributed by atoms with Gasteiger partial charge in [-0.05, 0) is 18.4 Å². The summed E-state index contributed by atoms with van der Waals surface area (Å²) in [5.41, 5.74) is 1.67. The molecule has 27 heavy (non-hydrogen) atoms. The van der Waals surface area contributed by atoms with Gasteiger partial charge in [-0.15, -0.1) is 0 Å². The van der Waals surface area contributed by atoms with Gasteiger partial charge in [0.05, 0.1) is 0 Å². The minimum absolute atomic E-state index is 0.165. The average Bonchev–Trinajstić information content (AvgIpc) is 2.67. The van der Waals surface area contributed by atoms with Gasteiger partial charge in [0.2, 0.25) is 11.8 Å². The van der Waals surface area contributed by atoms with Crippen LogP contribution in [0.3, 0.4) is 0 Å². The summed E-state index contributed by atoms with van der Waals surface area (Å²) < 4.78 is 0. The van der Waals surface area contributed by atoms with Gasteiger partial charge >= 0.3 is 6.03 Å². The molecule has 7 nitrogen and oxygen atoms in total. The Morgan fingerprint density at radius 3 is 2.15 bits per heavy atom. The first-order valence-corrected chi connectivity index (χ1v) is 9.19. The second-order valence-electron chi connectivity index (χ2n) is 7.22. The molecule has 2 fully saturated rings. The number of benzene rings is 1. The van der Waals surface area contributed by atoms with Crippen molar-refractivity contribution in [3.63, 3.8) is 0 Å². The van der Waals surface area contributed by atoms with E-state index in [0.29, 0.717) is 5.70 Å². The van der Waals surface area contributed by atoms with E-state index in [4.69, 9.17) is 0 Å². The summed E-state index contributed by atoms with van der Waals surface area (Å²) in [6, 6.07) is 9.92. The summed E-state index contributed by atoms with van der Waals surface area (Å²) in [5, 5.41) is 3.26. The number of nitrogens with one attached hydrogen (secondary N) is 1. The smallest absolute Gasteiger partial charge is 0.332 e. The van der Waals surface area contributed by atoms with E-state index < -0.39 is 23.8 Å². The molecule has 7 heteroatoms. The summed E-state index contributed by atoms with van der Waals surface area (Å²) >= 11 is 0. The fourth-order valence-electron chi connectivity index (χ4n) is 3.63. The van der Waals surface area contributed by atoms with Gasteiger partial charge in [0.1, 0.15) is 0 Å². The molecule has 0 aliphatic carbocycles.